The highest BCUT2D eigenvalue weighted by atomic mass is 16.2. The first-order valence-corrected chi connectivity index (χ1v) is 15.3. The van der Waals surface area contributed by atoms with Gasteiger partial charge in [-0.3, -0.25) is 9.36 Å². The third-order valence-electron chi connectivity index (χ3n) is 8.19. The van der Waals surface area contributed by atoms with Crippen molar-refractivity contribution in [3.8, 4) is 28.2 Å². The molecule has 0 fully saturated rings. The summed E-state index contributed by atoms with van der Waals surface area (Å²) in [5, 5.41) is 14.4. The van der Waals surface area contributed by atoms with Crippen molar-refractivity contribution in [2.45, 2.75) is 39.3 Å². The largest absolute Gasteiger partial charge is 0.337 e. The highest BCUT2D eigenvalue weighted by molar-refractivity contribution is 5.80. The molecular weight excluding hydrogens is 576 g/mol. The van der Waals surface area contributed by atoms with Gasteiger partial charge in [0.05, 0.1) is 5.69 Å². The zero-order valence-corrected chi connectivity index (χ0v) is 25.5. The Morgan fingerprint density at radius 1 is 0.739 bits per heavy atom. The number of benzene rings is 4. The normalized spacial score (nSPS) is 11.5. The summed E-state index contributed by atoms with van der Waals surface area (Å²) in [6, 6.07) is 35.3. The fraction of sp³-hybridized carbons (Fsp3) is 0.167. The summed E-state index contributed by atoms with van der Waals surface area (Å²) >= 11 is 0. The zero-order valence-electron chi connectivity index (χ0n) is 25.5. The van der Waals surface area contributed by atoms with Crippen LogP contribution in [0.1, 0.15) is 36.7 Å². The van der Waals surface area contributed by atoms with Gasteiger partial charge in [-0.1, -0.05) is 111 Å². The molecule has 0 bridgehead atoms. The van der Waals surface area contributed by atoms with Gasteiger partial charge in [-0.25, -0.2) is 19.4 Å². The van der Waals surface area contributed by atoms with E-state index in [4.69, 9.17) is 4.98 Å². The third-order valence-corrected chi connectivity index (χ3v) is 8.19. The first-order chi connectivity index (χ1) is 22.5. The van der Waals surface area contributed by atoms with Crippen LogP contribution in [0.25, 0.3) is 39.4 Å². The van der Waals surface area contributed by atoms with Gasteiger partial charge in [-0.05, 0) is 51.2 Å². The molecule has 0 aliphatic carbocycles. The standard InChI is InChI=1S/C36H32N8O2/c1-24(2)33-37-34-31(35(45)44(28-13-7-4-8-14-28)36(46)42(34)22-21-25-11-5-3-6-12-25)43(33)23-26-17-19-27(20-18-26)29-15-9-10-16-30(29)32-38-40-41-39-32/h3-20,24H,21-23H2,1-2H3,(H,38,39,40,41). The summed E-state index contributed by atoms with van der Waals surface area (Å²) < 4.78 is 4.90. The van der Waals surface area contributed by atoms with E-state index in [9.17, 15) is 9.59 Å². The Kier molecular flexibility index (Phi) is 7.67. The molecule has 10 nitrogen and oxygen atoms in total. The Hall–Kier alpha value is -5.90. The van der Waals surface area contributed by atoms with E-state index in [1.54, 1.807) is 16.7 Å². The monoisotopic (exact) mass is 608 g/mol. The molecular formula is C36H32N8O2. The fourth-order valence-electron chi connectivity index (χ4n) is 5.94. The van der Waals surface area contributed by atoms with Gasteiger partial charge in [-0.2, -0.15) is 0 Å². The van der Waals surface area contributed by atoms with Crippen LogP contribution in [0.15, 0.2) is 119 Å². The molecule has 3 aromatic heterocycles. The number of nitrogens with zero attached hydrogens (tertiary/aromatic N) is 7. The molecule has 0 aliphatic rings. The van der Waals surface area contributed by atoms with Crippen LogP contribution in [-0.2, 0) is 19.5 Å². The second-order valence-electron chi connectivity index (χ2n) is 11.5. The molecule has 0 unspecified atom stereocenters. The van der Waals surface area contributed by atoms with Gasteiger partial charge >= 0.3 is 5.69 Å². The number of hydrogen-bond acceptors (Lipinski definition) is 6. The molecule has 0 amide bonds. The predicted molar refractivity (Wildman–Crippen MR) is 178 cm³/mol. The van der Waals surface area contributed by atoms with Gasteiger partial charge in [0.15, 0.2) is 17.0 Å². The van der Waals surface area contributed by atoms with Crippen molar-refractivity contribution in [2.75, 3.05) is 0 Å². The van der Waals surface area contributed by atoms with E-state index in [0.29, 0.717) is 42.2 Å². The summed E-state index contributed by atoms with van der Waals surface area (Å²) in [5.41, 5.74) is 5.57. The van der Waals surface area contributed by atoms with Gasteiger partial charge in [0.2, 0.25) is 0 Å². The summed E-state index contributed by atoms with van der Waals surface area (Å²) in [6.07, 6.45) is 0.625. The maximum absolute atomic E-state index is 14.3. The second kappa shape index (κ2) is 12.2. The predicted octanol–water partition coefficient (Wildman–Crippen LogP) is 5.61. The van der Waals surface area contributed by atoms with Crippen LogP contribution in [0, 0.1) is 0 Å². The molecule has 10 heteroatoms. The number of fused-ring (bicyclic) bond motifs is 1. The van der Waals surface area contributed by atoms with Crippen LogP contribution in [0.3, 0.4) is 0 Å². The van der Waals surface area contributed by atoms with Crippen LogP contribution in [0.4, 0.5) is 0 Å². The van der Waals surface area contributed by atoms with Gasteiger partial charge in [0, 0.05) is 24.6 Å². The summed E-state index contributed by atoms with van der Waals surface area (Å²) in [4.78, 5) is 33.3. The van der Waals surface area contributed by atoms with Crippen LogP contribution < -0.4 is 11.2 Å². The van der Waals surface area contributed by atoms with E-state index in [-0.39, 0.29) is 11.5 Å². The number of tetrazole rings is 1. The Balaban J connectivity index is 1.34. The molecule has 0 atom stereocenters. The van der Waals surface area contributed by atoms with Crippen LogP contribution in [0.5, 0.6) is 0 Å². The van der Waals surface area contributed by atoms with Crippen molar-refractivity contribution in [3.63, 3.8) is 0 Å². The minimum Gasteiger partial charge on any atom is -0.317 e. The van der Waals surface area contributed by atoms with Crippen molar-refractivity contribution in [1.29, 1.82) is 0 Å². The Morgan fingerprint density at radius 2 is 1.41 bits per heavy atom. The van der Waals surface area contributed by atoms with E-state index >= 15 is 0 Å². The number of hydrogen-bond donors (Lipinski definition) is 1. The first-order valence-electron chi connectivity index (χ1n) is 15.3. The minimum atomic E-state index is -0.399. The summed E-state index contributed by atoms with van der Waals surface area (Å²) in [7, 11) is 0. The molecule has 7 rings (SSSR count). The number of aromatic amines is 1. The molecule has 46 heavy (non-hydrogen) atoms. The SMILES string of the molecule is CC(C)c1nc2c(c(=O)n(-c3ccccc3)c(=O)n2CCc2ccccc2)n1Cc1ccc(-c2ccccc2-c2nnn[nH]2)cc1. The molecule has 0 aliphatic heterocycles. The molecule has 3 heterocycles. The number of aromatic nitrogens is 8. The lowest BCUT2D eigenvalue weighted by Crippen LogP contribution is -2.40. The van der Waals surface area contributed by atoms with Crippen molar-refractivity contribution in [3.05, 3.63) is 147 Å². The minimum absolute atomic E-state index is 0.0105. The fourth-order valence-corrected chi connectivity index (χ4v) is 5.94. The molecule has 0 spiro atoms. The Bertz CT molecular complexity index is 2230. The second-order valence-corrected chi connectivity index (χ2v) is 11.5. The van der Waals surface area contributed by atoms with E-state index in [2.05, 4.69) is 58.7 Å². The number of aryl methyl sites for hydroxylation is 2. The quantitative estimate of drug-likeness (QED) is 0.228. The van der Waals surface area contributed by atoms with Crippen molar-refractivity contribution < 1.29 is 0 Å². The third kappa shape index (κ3) is 5.34. The molecule has 0 saturated carbocycles. The molecule has 7 aromatic rings. The zero-order chi connectivity index (χ0) is 31.6. The maximum atomic E-state index is 14.3. The highest BCUT2D eigenvalue weighted by Gasteiger charge is 2.24. The van der Waals surface area contributed by atoms with E-state index in [0.717, 1.165) is 33.6 Å². The van der Waals surface area contributed by atoms with Gasteiger partial charge < -0.3 is 4.57 Å². The maximum Gasteiger partial charge on any atom is 0.337 e. The summed E-state index contributed by atoms with van der Waals surface area (Å²) in [6.45, 7) is 4.91. The van der Waals surface area contributed by atoms with E-state index in [1.165, 1.54) is 4.57 Å². The Labute approximate surface area is 264 Å². The lowest BCUT2D eigenvalue weighted by atomic mass is 9.98. The average molecular weight is 609 g/mol. The van der Waals surface area contributed by atoms with Gasteiger partial charge in [0.25, 0.3) is 5.56 Å². The van der Waals surface area contributed by atoms with Gasteiger partial charge in [0.1, 0.15) is 5.82 Å². The molecule has 228 valence electrons. The lowest BCUT2D eigenvalue weighted by molar-refractivity contribution is 0.642. The molecule has 1 N–H and O–H groups in total. The van der Waals surface area contributed by atoms with Crippen LogP contribution >= 0.6 is 0 Å². The Morgan fingerprint density at radius 3 is 2.09 bits per heavy atom. The van der Waals surface area contributed by atoms with E-state index in [1.807, 2.05) is 77.4 Å². The van der Waals surface area contributed by atoms with Gasteiger partial charge in [-0.15, -0.1) is 5.10 Å². The topological polar surface area (TPSA) is 116 Å². The highest BCUT2D eigenvalue weighted by Crippen LogP contribution is 2.30. The van der Waals surface area contributed by atoms with Crippen LogP contribution in [-0.4, -0.2) is 39.3 Å². The smallest absolute Gasteiger partial charge is 0.317 e. The van der Waals surface area contributed by atoms with Crippen molar-refractivity contribution in [1.82, 2.24) is 39.3 Å². The number of para-hydroxylation sites is 1. The molecule has 0 saturated heterocycles. The number of rotatable bonds is 9. The number of imidazole rings is 1. The summed E-state index contributed by atoms with van der Waals surface area (Å²) in [5.74, 6) is 1.36. The van der Waals surface area contributed by atoms with Crippen LogP contribution in [0.2, 0.25) is 0 Å². The average Bonchev–Trinajstić information content (AvgIpc) is 3.76. The number of H-pyrrole nitrogens is 1. The molecule has 4 aromatic carbocycles. The van der Waals surface area contributed by atoms with E-state index < -0.39 is 5.69 Å². The molecule has 0 radical (unpaired) electrons. The lowest BCUT2D eigenvalue weighted by Gasteiger charge is -2.14. The number of nitrogens with one attached hydrogen (secondary N) is 1. The first kappa shape index (κ1) is 28.8. The van der Waals surface area contributed by atoms with Crippen molar-refractivity contribution in [2.24, 2.45) is 0 Å². The van der Waals surface area contributed by atoms with Crippen molar-refractivity contribution >= 4 is 11.2 Å².